The molecule has 0 aliphatic carbocycles. The first-order chi connectivity index (χ1) is 11.5. The van der Waals surface area contributed by atoms with Crippen LogP contribution in [0.3, 0.4) is 0 Å². The van der Waals surface area contributed by atoms with Crippen molar-refractivity contribution in [1.29, 1.82) is 0 Å². The van der Waals surface area contributed by atoms with Crippen molar-refractivity contribution in [3.63, 3.8) is 0 Å². The monoisotopic (exact) mass is 337 g/mol. The van der Waals surface area contributed by atoms with Crippen LogP contribution in [0.4, 0.5) is 5.13 Å². The van der Waals surface area contributed by atoms with Gasteiger partial charge in [-0.2, -0.15) is 5.10 Å². The van der Waals surface area contributed by atoms with Crippen molar-refractivity contribution in [2.75, 3.05) is 5.32 Å². The van der Waals surface area contributed by atoms with Gasteiger partial charge in [-0.3, -0.25) is 14.8 Å². The van der Waals surface area contributed by atoms with Crippen molar-refractivity contribution < 1.29 is 4.79 Å². The molecule has 3 heterocycles. The number of fused-ring (bicyclic) bond motifs is 2. The van der Waals surface area contributed by atoms with Gasteiger partial charge in [0.05, 0.1) is 27.4 Å². The maximum atomic E-state index is 12.7. The number of anilines is 1. The van der Waals surface area contributed by atoms with Gasteiger partial charge in [0.25, 0.3) is 5.91 Å². The van der Waals surface area contributed by atoms with E-state index >= 15 is 0 Å². The molecule has 0 spiro atoms. The third-order valence-electron chi connectivity index (χ3n) is 3.92. The number of aromatic nitrogens is 4. The highest BCUT2D eigenvalue weighted by Crippen LogP contribution is 2.28. The molecule has 0 aliphatic rings. The Morgan fingerprint density at radius 2 is 2.08 bits per heavy atom. The topological polar surface area (TPSA) is 72.7 Å². The van der Waals surface area contributed by atoms with Crippen LogP contribution < -0.4 is 5.32 Å². The molecule has 24 heavy (non-hydrogen) atoms. The van der Waals surface area contributed by atoms with E-state index in [1.165, 1.54) is 11.3 Å². The molecule has 6 nitrogen and oxygen atoms in total. The Balaban J connectivity index is 1.75. The van der Waals surface area contributed by atoms with Gasteiger partial charge >= 0.3 is 0 Å². The molecule has 1 amide bonds. The number of benzene rings is 1. The van der Waals surface area contributed by atoms with Crippen LogP contribution in [0.1, 0.15) is 21.6 Å². The van der Waals surface area contributed by atoms with Crippen LogP contribution >= 0.6 is 11.3 Å². The molecule has 1 N–H and O–H groups in total. The number of pyridine rings is 1. The number of aryl methyl sites for hydroxylation is 3. The molecule has 0 saturated heterocycles. The molecule has 4 rings (SSSR count). The summed E-state index contributed by atoms with van der Waals surface area (Å²) in [5, 5.41) is 8.43. The maximum absolute atomic E-state index is 12.7. The Bertz CT molecular complexity index is 1100. The van der Waals surface area contributed by atoms with E-state index in [0.717, 1.165) is 26.9 Å². The number of rotatable bonds is 2. The van der Waals surface area contributed by atoms with E-state index in [1.807, 2.05) is 39.1 Å². The Kier molecular flexibility index (Phi) is 3.31. The van der Waals surface area contributed by atoms with Crippen molar-refractivity contribution in [3.05, 3.63) is 47.3 Å². The number of carbonyl (C=O) groups excluding carboxylic acids is 1. The maximum Gasteiger partial charge on any atom is 0.258 e. The molecule has 0 fully saturated rings. The van der Waals surface area contributed by atoms with Gasteiger partial charge in [0.2, 0.25) is 0 Å². The number of hydrogen-bond acceptors (Lipinski definition) is 5. The van der Waals surface area contributed by atoms with Crippen molar-refractivity contribution in [2.24, 2.45) is 7.05 Å². The molecule has 0 radical (unpaired) electrons. The van der Waals surface area contributed by atoms with Crippen LogP contribution in [0.5, 0.6) is 0 Å². The number of amides is 1. The fraction of sp³-hybridized carbons (Fsp3) is 0.176. The summed E-state index contributed by atoms with van der Waals surface area (Å²) in [6.45, 7) is 3.88. The van der Waals surface area contributed by atoms with Gasteiger partial charge in [0, 0.05) is 12.7 Å². The molecule has 0 unspecified atom stereocenters. The fourth-order valence-electron chi connectivity index (χ4n) is 2.73. The lowest BCUT2D eigenvalue weighted by Crippen LogP contribution is -2.13. The molecule has 7 heteroatoms. The van der Waals surface area contributed by atoms with Gasteiger partial charge in [-0.05, 0) is 31.5 Å². The van der Waals surface area contributed by atoms with Gasteiger partial charge in [-0.25, -0.2) is 9.97 Å². The van der Waals surface area contributed by atoms with Gasteiger partial charge in [-0.1, -0.05) is 23.5 Å². The van der Waals surface area contributed by atoms with Gasteiger partial charge in [0.1, 0.15) is 0 Å². The van der Waals surface area contributed by atoms with E-state index in [2.05, 4.69) is 20.4 Å². The average molecular weight is 337 g/mol. The van der Waals surface area contributed by atoms with E-state index < -0.39 is 0 Å². The highest BCUT2D eigenvalue weighted by Gasteiger charge is 2.16. The van der Waals surface area contributed by atoms with E-state index in [4.69, 9.17) is 0 Å². The third kappa shape index (κ3) is 2.33. The quantitative estimate of drug-likeness (QED) is 0.608. The van der Waals surface area contributed by atoms with Gasteiger partial charge < -0.3 is 0 Å². The fourth-order valence-corrected chi connectivity index (χ4v) is 3.67. The molecule has 0 bridgehead atoms. The normalized spacial score (nSPS) is 11.3. The number of para-hydroxylation sites is 1. The molecule has 4 aromatic rings. The molecule has 0 saturated carbocycles. The summed E-state index contributed by atoms with van der Waals surface area (Å²) in [6, 6.07) is 7.79. The zero-order valence-corrected chi connectivity index (χ0v) is 14.3. The average Bonchev–Trinajstić information content (AvgIpc) is 3.11. The predicted octanol–water partition coefficient (Wildman–Crippen LogP) is 3.45. The van der Waals surface area contributed by atoms with Crippen LogP contribution in [0.2, 0.25) is 0 Å². The lowest BCUT2D eigenvalue weighted by atomic mass is 10.1. The van der Waals surface area contributed by atoms with Crippen LogP contribution in [0, 0.1) is 13.8 Å². The molecule has 1 aromatic carbocycles. The zero-order chi connectivity index (χ0) is 16.8. The van der Waals surface area contributed by atoms with Crippen molar-refractivity contribution in [1.82, 2.24) is 19.7 Å². The first-order valence-electron chi connectivity index (χ1n) is 7.50. The lowest BCUT2D eigenvalue weighted by molar-refractivity contribution is 0.102. The largest absolute Gasteiger partial charge is 0.298 e. The molecular weight excluding hydrogens is 322 g/mol. The van der Waals surface area contributed by atoms with Crippen molar-refractivity contribution in [3.8, 4) is 0 Å². The molecule has 120 valence electrons. The van der Waals surface area contributed by atoms with E-state index in [1.54, 1.807) is 16.9 Å². The molecule has 3 aromatic heterocycles. The van der Waals surface area contributed by atoms with Crippen LogP contribution in [0.15, 0.2) is 30.5 Å². The SMILES string of the molecule is Cc1cc(C(=O)Nc2nc3c(C)cccc3s2)c2cnn(C)c2n1. The highest BCUT2D eigenvalue weighted by molar-refractivity contribution is 7.22. The van der Waals surface area contributed by atoms with Crippen molar-refractivity contribution in [2.45, 2.75) is 13.8 Å². The summed E-state index contributed by atoms with van der Waals surface area (Å²) < 4.78 is 2.72. The smallest absolute Gasteiger partial charge is 0.258 e. The molecule has 0 aliphatic heterocycles. The Labute approximate surface area is 142 Å². The first kappa shape index (κ1) is 14.8. The number of carbonyl (C=O) groups is 1. The van der Waals surface area contributed by atoms with E-state index in [0.29, 0.717) is 16.3 Å². The van der Waals surface area contributed by atoms with Gasteiger partial charge in [0.15, 0.2) is 10.8 Å². The second kappa shape index (κ2) is 5.38. The van der Waals surface area contributed by atoms with Crippen molar-refractivity contribution >= 4 is 43.6 Å². The summed E-state index contributed by atoms with van der Waals surface area (Å²) in [6.07, 6.45) is 1.67. The minimum absolute atomic E-state index is 0.199. The summed E-state index contributed by atoms with van der Waals surface area (Å²) in [5.41, 5.74) is 4.05. The predicted molar refractivity (Wildman–Crippen MR) is 95.6 cm³/mol. The highest BCUT2D eigenvalue weighted by atomic mass is 32.1. The summed E-state index contributed by atoms with van der Waals surface area (Å²) >= 11 is 1.47. The van der Waals surface area contributed by atoms with Crippen LogP contribution in [0.25, 0.3) is 21.3 Å². The van der Waals surface area contributed by atoms with Crippen LogP contribution in [-0.4, -0.2) is 25.7 Å². The minimum Gasteiger partial charge on any atom is -0.298 e. The van der Waals surface area contributed by atoms with Crippen LogP contribution in [-0.2, 0) is 7.05 Å². The van der Waals surface area contributed by atoms with Gasteiger partial charge in [-0.15, -0.1) is 0 Å². The standard InChI is InChI=1S/C17H15N5OS/c1-9-5-4-6-13-14(9)20-17(24-13)21-16(23)11-7-10(2)19-15-12(11)8-18-22(15)3/h4-8H,1-3H3,(H,20,21,23). The second-order valence-electron chi connectivity index (χ2n) is 5.71. The molecule has 0 atom stereocenters. The number of nitrogens with one attached hydrogen (secondary N) is 1. The molecular formula is C17H15N5OS. The number of nitrogens with zero attached hydrogens (tertiary/aromatic N) is 4. The zero-order valence-electron chi connectivity index (χ0n) is 13.5. The third-order valence-corrected chi connectivity index (χ3v) is 4.85. The first-order valence-corrected chi connectivity index (χ1v) is 8.31. The Morgan fingerprint density at radius 1 is 1.25 bits per heavy atom. The van der Waals surface area contributed by atoms with E-state index in [9.17, 15) is 4.79 Å². The minimum atomic E-state index is -0.199. The summed E-state index contributed by atoms with van der Waals surface area (Å²) in [5.74, 6) is -0.199. The number of thiazole rings is 1. The summed E-state index contributed by atoms with van der Waals surface area (Å²) in [7, 11) is 1.81. The summed E-state index contributed by atoms with van der Waals surface area (Å²) in [4.78, 5) is 21.7. The Hall–Kier alpha value is -2.80. The second-order valence-corrected chi connectivity index (χ2v) is 6.74. The Morgan fingerprint density at radius 3 is 2.88 bits per heavy atom. The van der Waals surface area contributed by atoms with E-state index in [-0.39, 0.29) is 5.91 Å². The lowest BCUT2D eigenvalue weighted by Gasteiger charge is -2.05. The number of hydrogen-bond donors (Lipinski definition) is 1.